The lowest BCUT2D eigenvalue weighted by molar-refractivity contribution is 0.0115. The predicted molar refractivity (Wildman–Crippen MR) is 142 cm³/mol. The summed E-state index contributed by atoms with van der Waals surface area (Å²) in [6.07, 6.45) is -6.30. The summed E-state index contributed by atoms with van der Waals surface area (Å²) in [4.78, 5) is 19.1. The molecule has 2 saturated heterocycles. The van der Waals surface area contributed by atoms with E-state index >= 15 is 0 Å². The zero-order chi connectivity index (χ0) is 33.1. The summed E-state index contributed by atoms with van der Waals surface area (Å²) < 4.78 is 87.3. The minimum atomic E-state index is -3.25. The van der Waals surface area contributed by atoms with Gasteiger partial charge in [-0.15, -0.1) is 0 Å². The molecule has 3 aromatic rings. The molecule has 0 unspecified atom stereocenters. The summed E-state index contributed by atoms with van der Waals surface area (Å²) in [6.45, 7) is -0.957. The number of carbonyl (C=O) groups excluding carboxylic acids is 1. The number of H-pyrrole nitrogens is 1. The van der Waals surface area contributed by atoms with Crippen LogP contribution in [0.3, 0.4) is 0 Å². The Morgan fingerprint density at radius 1 is 1.22 bits per heavy atom. The van der Waals surface area contributed by atoms with Gasteiger partial charge in [-0.25, -0.2) is 0 Å². The molecule has 3 aliphatic rings. The first-order valence-electron chi connectivity index (χ1n) is 16.7. The molecule has 1 N–H and O–H groups in total. The van der Waals surface area contributed by atoms with Crippen molar-refractivity contribution in [2.24, 2.45) is 0 Å². The Morgan fingerprint density at radius 2 is 1.97 bits per heavy atom. The highest BCUT2D eigenvalue weighted by atomic mass is 16.5. The number of ether oxygens (including phenoxy) is 1. The van der Waals surface area contributed by atoms with Gasteiger partial charge in [0.15, 0.2) is 5.78 Å². The number of carbonyl (C=O) groups is 1. The first-order chi connectivity index (χ1) is 20.8. The molecule has 2 aliphatic heterocycles. The smallest absolute Gasteiger partial charge is 0.195 e. The van der Waals surface area contributed by atoms with Crippen molar-refractivity contribution in [2.45, 2.75) is 51.4 Å². The summed E-state index contributed by atoms with van der Waals surface area (Å²) >= 11 is 0. The molecule has 0 spiro atoms. The quantitative estimate of drug-likeness (QED) is 0.571. The molecule has 0 saturated carbocycles. The number of benzene rings is 2. The van der Waals surface area contributed by atoms with Gasteiger partial charge in [-0.3, -0.25) is 9.69 Å². The fraction of sp³-hybridized carbons (Fsp3) is 0.467. The van der Waals surface area contributed by atoms with Crippen LogP contribution in [0, 0.1) is 11.3 Å². The number of aromatic nitrogens is 1. The first kappa shape index (κ1) is 15.2. The Balaban J connectivity index is 1.58. The van der Waals surface area contributed by atoms with E-state index in [1.54, 1.807) is 31.2 Å². The van der Waals surface area contributed by atoms with Crippen molar-refractivity contribution in [3.05, 3.63) is 63.8 Å². The van der Waals surface area contributed by atoms with Crippen molar-refractivity contribution in [2.75, 3.05) is 44.2 Å². The zero-order valence-electron chi connectivity index (χ0n) is 29.6. The SMILES string of the molecule is [2H]C1([2H])N(c2cc3c(cc2CC)C(=O)c2c([nH]c4cc(C#N)ccc24)C3(C)C)C([2H])([2H])C([2H])([2H])C([2H])(N2CCOCC2)C1([2H])[2H]. The number of aryl methyl sites for hydroxylation is 1. The number of piperidine rings is 1. The maximum absolute atomic E-state index is 14.1. The monoisotopic (exact) mass is 491 g/mol. The number of hydrogen-bond donors (Lipinski definition) is 1. The molecule has 2 aromatic carbocycles. The van der Waals surface area contributed by atoms with E-state index < -0.39 is 37.2 Å². The largest absolute Gasteiger partial charge is 0.379 e. The van der Waals surface area contributed by atoms with Gasteiger partial charge in [0.1, 0.15) is 0 Å². The van der Waals surface area contributed by atoms with Gasteiger partial charge in [0.2, 0.25) is 0 Å². The molecule has 1 aliphatic carbocycles. The standard InChI is InChI=1S/C30H34N4O2/c1-4-20-16-23-24(17-26(20)34-9-7-21(8-10-34)33-11-13-36-14-12-33)30(2,3)29-27(28(23)35)22-6-5-19(18-31)15-25(22)32-29/h5-6,15-17,21,32H,4,7-14H2,1-3H3/i7D2,8D2,9D2,10D2,21D. The molecular weight excluding hydrogens is 448 g/mol. The molecule has 1 aromatic heterocycles. The molecule has 0 amide bonds. The average molecular weight is 492 g/mol. The molecule has 186 valence electrons. The summed E-state index contributed by atoms with van der Waals surface area (Å²) in [5, 5.41) is 10.1. The van der Waals surface area contributed by atoms with Crippen LogP contribution in [0.1, 0.15) is 84.2 Å². The van der Waals surface area contributed by atoms with Crippen LogP contribution in [0.25, 0.3) is 10.9 Å². The van der Waals surface area contributed by atoms with Gasteiger partial charge >= 0.3 is 0 Å². The Bertz CT molecular complexity index is 1760. The molecular formula is C30H34N4O2. The number of nitriles is 1. The molecule has 6 nitrogen and oxygen atoms in total. The third-order valence-corrected chi connectivity index (χ3v) is 7.44. The predicted octanol–water partition coefficient (Wildman–Crippen LogP) is 4.77. The van der Waals surface area contributed by atoms with E-state index in [0.717, 1.165) is 4.90 Å². The molecule has 0 bridgehead atoms. The van der Waals surface area contributed by atoms with Crippen molar-refractivity contribution in [1.82, 2.24) is 9.88 Å². The van der Waals surface area contributed by atoms with E-state index in [1.165, 1.54) is 6.07 Å². The second-order valence-electron chi connectivity index (χ2n) is 9.84. The van der Waals surface area contributed by atoms with Crippen LogP contribution in [0.2, 0.25) is 0 Å². The van der Waals surface area contributed by atoms with E-state index in [2.05, 4.69) is 11.1 Å². The highest BCUT2D eigenvalue weighted by Crippen LogP contribution is 2.46. The highest BCUT2D eigenvalue weighted by Gasteiger charge is 2.40. The summed E-state index contributed by atoms with van der Waals surface area (Å²) in [5.74, 6) is -0.302. The molecule has 6 heteroatoms. The van der Waals surface area contributed by atoms with Gasteiger partial charge in [0, 0.05) is 77.7 Å². The maximum Gasteiger partial charge on any atom is 0.195 e. The van der Waals surface area contributed by atoms with Crippen LogP contribution in [-0.2, 0) is 16.6 Å². The van der Waals surface area contributed by atoms with E-state index in [4.69, 9.17) is 15.7 Å². The van der Waals surface area contributed by atoms with Crippen LogP contribution in [0.4, 0.5) is 5.69 Å². The number of nitrogens with zero attached hydrogens (tertiary/aromatic N) is 3. The lowest BCUT2D eigenvalue weighted by Crippen LogP contribution is -2.49. The Labute approximate surface area is 225 Å². The van der Waals surface area contributed by atoms with Gasteiger partial charge in [0.25, 0.3) is 0 Å². The summed E-state index contributed by atoms with van der Waals surface area (Å²) in [6, 6.07) is 7.22. The molecule has 0 radical (unpaired) electrons. The van der Waals surface area contributed by atoms with E-state index in [9.17, 15) is 11.4 Å². The van der Waals surface area contributed by atoms with Crippen LogP contribution < -0.4 is 4.90 Å². The lowest BCUT2D eigenvalue weighted by atomic mass is 9.70. The normalized spacial score (nSPS) is 30.4. The Hall–Kier alpha value is -3.14. The number of ketones is 1. The molecule has 36 heavy (non-hydrogen) atoms. The fourth-order valence-corrected chi connectivity index (χ4v) is 5.41. The first-order valence-corrected chi connectivity index (χ1v) is 12.2. The number of nitrogens with one attached hydrogen (secondary N) is 1. The van der Waals surface area contributed by atoms with Crippen molar-refractivity contribution < 1.29 is 21.9 Å². The maximum atomic E-state index is 14.1. The molecule has 0 atom stereocenters. The third-order valence-electron chi connectivity index (χ3n) is 7.44. The van der Waals surface area contributed by atoms with E-state index in [0.29, 0.717) is 49.3 Å². The number of anilines is 1. The number of aromatic amines is 1. The Kier molecular flexibility index (Phi) is 3.70. The highest BCUT2D eigenvalue weighted by molar-refractivity contribution is 6.20. The average Bonchev–Trinajstić information content (AvgIpc) is 3.39. The second-order valence-corrected chi connectivity index (χ2v) is 9.84. The summed E-state index contributed by atoms with van der Waals surface area (Å²) in [5.41, 5.74) is 2.12. The summed E-state index contributed by atoms with van der Waals surface area (Å²) in [7, 11) is 0. The molecule has 3 heterocycles. The lowest BCUT2D eigenvalue weighted by Gasteiger charge is -2.42. The van der Waals surface area contributed by atoms with Crippen molar-refractivity contribution in [3.63, 3.8) is 0 Å². The molecule has 2 fully saturated rings. The number of fused-ring (bicyclic) bond motifs is 4. The number of hydrogen-bond acceptors (Lipinski definition) is 5. The van der Waals surface area contributed by atoms with Crippen molar-refractivity contribution >= 4 is 22.4 Å². The third kappa shape index (κ3) is 3.56. The van der Waals surface area contributed by atoms with Crippen LogP contribution in [-0.4, -0.2) is 61.0 Å². The van der Waals surface area contributed by atoms with Crippen molar-refractivity contribution in [3.8, 4) is 6.07 Å². The minimum absolute atomic E-state index is 0.0628. The van der Waals surface area contributed by atoms with Crippen molar-refractivity contribution in [1.29, 1.82) is 5.26 Å². The van der Waals surface area contributed by atoms with Crippen LogP contribution in [0.5, 0.6) is 0 Å². The zero-order valence-corrected chi connectivity index (χ0v) is 20.6. The number of morpholine rings is 1. The van der Waals surface area contributed by atoms with Gasteiger partial charge in [-0.2, -0.15) is 5.26 Å². The second kappa shape index (κ2) is 8.76. The van der Waals surface area contributed by atoms with Gasteiger partial charge in [-0.1, -0.05) is 26.8 Å². The van der Waals surface area contributed by atoms with Gasteiger partial charge < -0.3 is 14.6 Å². The van der Waals surface area contributed by atoms with E-state index in [1.807, 2.05) is 13.8 Å². The fourth-order valence-electron chi connectivity index (χ4n) is 5.41. The van der Waals surface area contributed by atoms with Crippen LogP contribution in [0.15, 0.2) is 30.3 Å². The molecule has 6 rings (SSSR count). The topological polar surface area (TPSA) is 72.4 Å². The van der Waals surface area contributed by atoms with Gasteiger partial charge in [0.05, 0.1) is 30.4 Å². The Morgan fingerprint density at radius 3 is 2.67 bits per heavy atom. The number of rotatable bonds is 3. The van der Waals surface area contributed by atoms with Crippen LogP contribution >= 0.6 is 0 Å². The van der Waals surface area contributed by atoms with E-state index in [-0.39, 0.29) is 44.2 Å². The minimum Gasteiger partial charge on any atom is -0.379 e. The van der Waals surface area contributed by atoms with Gasteiger partial charge in [-0.05, 0) is 54.6 Å².